The smallest absolute Gasteiger partial charge is 0.396 e. The molecule has 11 nitrogen and oxygen atoms in total. The van der Waals surface area contributed by atoms with Gasteiger partial charge in [-0.25, -0.2) is 8.42 Å². The van der Waals surface area contributed by atoms with Crippen molar-refractivity contribution in [2.45, 2.75) is 87.3 Å². The number of halogens is 4. The van der Waals surface area contributed by atoms with E-state index in [9.17, 15) is 49.7 Å². The fraction of sp³-hybridized carbons (Fsp3) is 0.826. The summed E-state index contributed by atoms with van der Waals surface area (Å²) in [5.74, 6) is -11.0. The van der Waals surface area contributed by atoms with Crippen molar-refractivity contribution >= 4 is 34.0 Å². The first-order chi connectivity index (χ1) is 18.0. The predicted molar refractivity (Wildman–Crippen MR) is 116 cm³/mol. The molecule has 1 aliphatic heterocycles. The monoisotopic (exact) mass is 587 g/mol. The van der Waals surface area contributed by atoms with Gasteiger partial charge in [0.2, 0.25) is 0 Å². The number of fused-ring (bicyclic) bond motifs is 1. The standard InChI is InChI=1S/C23H28F4O11S/c1-21(6-2-3-7-21)38-20(31)16-12-10-11-15(16)19(30)37-18(11)17(12)36-14(29)5-4-13(28)35-9-8-22(24,25)23(26,27)39(32,33)34/h11-12,15-18H,2-10H2,1H3,(H,32,33,34)/p-1. The molecule has 3 aliphatic carbocycles. The average Bonchev–Trinajstić information content (AvgIpc) is 3.54. The van der Waals surface area contributed by atoms with E-state index in [1.165, 1.54) is 0 Å². The Hall–Kier alpha value is -2.49. The van der Waals surface area contributed by atoms with E-state index in [1.54, 1.807) is 0 Å². The second-order valence-corrected chi connectivity index (χ2v) is 12.1. The van der Waals surface area contributed by atoms with Gasteiger partial charge in [0.25, 0.3) is 0 Å². The molecule has 1 saturated heterocycles. The summed E-state index contributed by atoms with van der Waals surface area (Å²) in [5.41, 5.74) is -0.629. The summed E-state index contributed by atoms with van der Waals surface area (Å²) in [5, 5.41) is -5.90. The van der Waals surface area contributed by atoms with Crippen LogP contribution < -0.4 is 0 Å². The van der Waals surface area contributed by atoms with Crippen LogP contribution in [0.15, 0.2) is 0 Å². The Morgan fingerprint density at radius 3 is 2.31 bits per heavy atom. The molecule has 0 amide bonds. The second-order valence-electron chi connectivity index (χ2n) is 10.7. The van der Waals surface area contributed by atoms with Crippen LogP contribution in [0.1, 0.15) is 58.3 Å². The van der Waals surface area contributed by atoms with Gasteiger partial charge in [-0.15, -0.1) is 0 Å². The molecule has 0 aromatic rings. The summed E-state index contributed by atoms with van der Waals surface area (Å²) in [7, 11) is -6.67. The minimum atomic E-state index is -6.67. The summed E-state index contributed by atoms with van der Waals surface area (Å²) >= 11 is 0. The normalized spacial score (nSPS) is 31.2. The van der Waals surface area contributed by atoms with Crippen LogP contribution in [0.3, 0.4) is 0 Å². The van der Waals surface area contributed by atoms with Gasteiger partial charge in [0.1, 0.15) is 17.8 Å². The van der Waals surface area contributed by atoms with E-state index in [1.807, 2.05) is 6.92 Å². The van der Waals surface area contributed by atoms with Crippen LogP contribution in [0, 0.1) is 23.7 Å². The molecule has 4 aliphatic rings. The van der Waals surface area contributed by atoms with Crippen LogP contribution in [0.4, 0.5) is 17.6 Å². The third kappa shape index (κ3) is 5.45. The molecule has 0 aromatic carbocycles. The van der Waals surface area contributed by atoms with Crippen LogP contribution in [0.2, 0.25) is 0 Å². The minimum Gasteiger partial charge on any atom is -0.743 e. The first kappa shape index (κ1) is 29.5. The van der Waals surface area contributed by atoms with Crippen molar-refractivity contribution in [3.8, 4) is 0 Å². The van der Waals surface area contributed by atoms with E-state index in [4.69, 9.17) is 14.2 Å². The van der Waals surface area contributed by atoms with Gasteiger partial charge in [-0.2, -0.15) is 17.6 Å². The number of carbonyl (C=O) groups excluding carboxylic acids is 4. The number of alkyl halides is 4. The van der Waals surface area contributed by atoms with E-state index in [0.29, 0.717) is 19.3 Å². The van der Waals surface area contributed by atoms with Gasteiger partial charge >= 0.3 is 35.1 Å². The molecule has 4 fully saturated rings. The minimum absolute atomic E-state index is 0.336. The van der Waals surface area contributed by atoms with E-state index >= 15 is 0 Å². The zero-order chi connectivity index (χ0) is 29.0. The van der Waals surface area contributed by atoms with Crippen molar-refractivity contribution < 1.29 is 68.7 Å². The number of hydrogen-bond donors (Lipinski definition) is 0. The molecule has 2 bridgehead atoms. The highest BCUT2D eigenvalue weighted by Gasteiger charge is 2.70. The van der Waals surface area contributed by atoms with E-state index in [-0.39, 0.29) is 5.92 Å². The lowest BCUT2D eigenvalue weighted by Crippen LogP contribution is -2.47. The van der Waals surface area contributed by atoms with Gasteiger partial charge in [-0.1, -0.05) is 0 Å². The molecule has 0 aromatic heterocycles. The fourth-order valence-electron chi connectivity index (χ4n) is 6.11. The molecule has 16 heteroatoms. The van der Waals surface area contributed by atoms with Crippen LogP contribution in [0.25, 0.3) is 0 Å². The van der Waals surface area contributed by atoms with E-state index in [2.05, 4.69) is 4.74 Å². The quantitative estimate of drug-likeness (QED) is 0.151. The van der Waals surface area contributed by atoms with Gasteiger partial charge in [0.05, 0.1) is 37.7 Å². The maximum atomic E-state index is 13.4. The van der Waals surface area contributed by atoms with Gasteiger partial charge in [-0.05, 0) is 39.0 Å². The molecule has 0 N–H and O–H groups in total. The highest BCUT2D eigenvalue weighted by Crippen LogP contribution is 2.59. The zero-order valence-corrected chi connectivity index (χ0v) is 21.6. The van der Waals surface area contributed by atoms with Crippen LogP contribution in [0.5, 0.6) is 0 Å². The average molecular weight is 588 g/mol. The van der Waals surface area contributed by atoms with Gasteiger partial charge in [-0.3, -0.25) is 19.2 Å². The third-order valence-corrected chi connectivity index (χ3v) is 8.97. The lowest BCUT2D eigenvalue weighted by Gasteiger charge is -2.33. The van der Waals surface area contributed by atoms with E-state index < -0.39 is 107 Å². The topological polar surface area (TPSA) is 162 Å². The third-order valence-electron chi connectivity index (χ3n) is 8.05. The van der Waals surface area contributed by atoms with Gasteiger partial charge in [0.15, 0.2) is 10.1 Å². The summed E-state index contributed by atoms with van der Waals surface area (Å²) in [4.78, 5) is 49.7. The Labute approximate surface area is 220 Å². The van der Waals surface area contributed by atoms with Crippen LogP contribution >= 0.6 is 0 Å². The first-order valence-electron chi connectivity index (χ1n) is 12.5. The molecular weight excluding hydrogens is 560 g/mol. The Kier molecular flexibility index (Phi) is 7.68. The molecule has 6 atom stereocenters. The number of carbonyl (C=O) groups is 4. The number of hydrogen-bond acceptors (Lipinski definition) is 11. The van der Waals surface area contributed by atoms with Crippen molar-refractivity contribution in [3.05, 3.63) is 0 Å². The highest BCUT2D eigenvalue weighted by atomic mass is 32.2. The zero-order valence-electron chi connectivity index (χ0n) is 20.7. The summed E-state index contributed by atoms with van der Waals surface area (Å²) in [6.07, 6.45) is -1.35. The number of ether oxygens (including phenoxy) is 4. The first-order valence-corrected chi connectivity index (χ1v) is 13.9. The molecule has 220 valence electrons. The van der Waals surface area contributed by atoms with Crippen molar-refractivity contribution in [3.63, 3.8) is 0 Å². The van der Waals surface area contributed by atoms with Crippen LogP contribution in [-0.2, 0) is 48.2 Å². The van der Waals surface area contributed by atoms with Gasteiger partial charge in [0, 0.05) is 11.8 Å². The summed E-state index contributed by atoms with van der Waals surface area (Å²) in [6, 6.07) is 0. The molecule has 39 heavy (non-hydrogen) atoms. The van der Waals surface area contributed by atoms with Crippen molar-refractivity contribution in [2.24, 2.45) is 23.7 Å². The molecule has 4 rings (SSSR count). The van der Waals surface area contributed by atoms with Crippen molar-refractivity contribution in [1.29, 1.82) is 0 Å². The molecule has 3 saturated carbocycles. The molecule has 0 spiro atoms. The van der Waals surface area contributed by atoms with E-state index in [0.717, 1.165) is 12.8 Å². The predicted octanol–water partition coefficient (Wildman–Crippen LogP) is 2.07. The maximum Gasteiger partial charge on any atom is 0.396 e. The lowest BCUT2D eigenvalue weighted by molar-refractivity contribution is -0.176. The Balaban J connectivity index is 1.28. The van der Waals surface area contributed by atoms with Gasteiger partial charge < -0.3 is 23.5 Å². The molecule has 1 heterocycles. The Morgan fingerprint density at radius 1 is 1.08 bits per heavy atom. The van der Waals surface area contributed by atoms with Crippen molar-refractivity contribution in [2.75, 3.05) is 6.61 Å². The summed E-state index contributed by atoms with van der Waals surface area (Å²) < 4.78 is 105. The number of esters is 4. The maximum absolute atomic E-state index is 13.4. The lowest BCUT2D eigenvalue weighted by atomic mass is 9.78. The fourth-order valence-corrected chi connectivity index (χ4v) is 6.58. The highest BCUT2D eigenvalue weighted by molar-refractivity contribution is 7.86. The summed E-state index contributed by atoms with van der Waals surface area (Å²) in [6.45, 7) is 0.483. The SMILES string of the molecule is CC1(OC(=O)C2C3CC4C(OC(=O)C42)C3OC(=O)CCC(=O)OCCC(F)(F)C(F)(F)S(=O)(=O)[O-])CCCC1. The Morgan fingerprint density at radius 2 is 1.69 bits per heavy atom. The van der Waals surface area contributed by atoms with Crippen LogP contribution in [-0.4, -0.2) is 72.4 Å². The van der Waals surface area contributed by atoms with Crippen molar-refractivity contribution in [1.82, 2.24) is 0 Å². The Bertz CT molecular complexity index is 1130. The second kappa shape index (κ2) is 10.2. The molecule has 6 unspecified atom stereocenters. The number of rotatable bonds is 11. The largest absolute Gasteiger partial charge is 0.743 e. The molecule has 0 radical (unpaired) electrons. The molecular formula is C23H27F4O11S-.